The molecule has 0 aromatic carbocycles. The summed E-state index contributed by atoms with van der Waals surface area (Å²) in [5.41, 5.74) is -0.523. The molecule has 1 aliphatic rings. The van der Waals surface area contributed by atoms with Crippen LogP contribution in [0.15, 0.2) is 0 Å². The zero-order chi connectivity index (χ0) is 18.1. The van der Waals surface area contributed by atoms with Crippen LogP contribution in [0.2, 0.25) is 18.1 Å². The minimum Gasteiger partial charge on any atom is -0.444 e. The van der Waals surface area contributed by atoms with E-state index in [0.29, 0.717) is 6.54 Å². The highest BCUT2D eigenvalue weighted by atomic mass is 28.4. The van der Waals surface area contributed by atoms with Crippen molar-refractivity contribution in [2.75, 3.05) is 6.54 Å². The molecule has 0 saturated heterocycles. The fourth-order valence-electron chi connectivity index (χ4n) is 2.15. The van der Waals surface area contributed by atoms with Crippen molar-refractivity contribution in [1.82, 2.24) is 5.32 Å². The standard InChI is InChI=1S/C17H33NO4Si/c1-16(2,3)21-15(20)18-10-14(13-9-12(13)11-19)22-23(7,8)17(4,5)6/h11-14H,9-10H2,1-8H3,(H,18,20)/t12-,13+,14?/m1/s1. The molecule has 5 nitrogen and oxygen atoms in total. The van der Waals surface area contributed by atoms with Gasteiger partial charge < -0.3 is 19.3 Å². The van der Waals surface area contributed by atoms with Crippen LogP contribution in [-0.4, -0.2) is 38.9 Å². The molecule has 0 aromatic heterocycles. The van der Waals surface area contributed by atoms with Gasteiger partial charge in [0.15, 0.2) is 8.32 Å². The Morgan fingerprint density at radius 3 is 2.22 bits per heavy atom. The maximum absolute atomic E-state index is 11.9. The lowest BCUT2D eigenvalue weighted by molar-refractivity contribution is -0.109. The molecule has 1 rings (SSSR count). The van der Waals surface area contributed by atoms with Gasteiger partial charge in [0, 0.05) is 12.5 Å². The summed E-state index contributed by atoms with van der Waals surface area (Å²) < 4.78 is 11.7. The number of ether oxygens (including phenoxy) is 1. The van der Waals surface area contributed by atoms with Gasteiger partial charge in [-0.2, -0.15) is 0 Å². The molecule has 6 heteroatoms. The fourth-order valence-corrected chi connectivity index (χ4v) is 3.52. The lowest BCUT2D eigenvalue weighted by Gasteiger charge is -2.39. The summed E-state index contributed by atoms with van der Waals surface area (Å²) in [5.74, 6) is 0.266. The number of carbonyl (C=O) groups excluding carboxylic acids is 2. The Hall–Kier alpha value is -0.883. The van der Waals surface area contributed by atoms with Crippen LogP contribution in [-0.2, 0) is 14.0 Å². The number of amides is 1. The van der Waals surface area contributed by atoms with Crippen LogP contribution in [0.3, 0.4) is 0 Å². The average molecular weight is 344 g/mol. The molecule has 1 amide bonds. The molecule has 0 aromatic rings. The number of rotatable bonds is 6. The van der Waals surface area contributed by atoms with E-state index in [9.17, 15) is 9.59 Å². The van der Waals surface area contributed by atoms with E-state index in [1.54, 1.807) is 0 Å². The Bertz CT molecular complexity index is 437. The highest BCUT2D eigenvalue weighted by Crippen LogP contribution is 2.44. The summed E-state index contributed by atoms with van der Waals surface area (Å²) in [7, 11) is -1.96. The van der Waals surface area contributed by atoms with Crippen LogP contribution in [0.25, 0.3) is 0 Å². The Labute approximate surface area is 141 Å². The van der Waals surface area contributed by atoms with E-state index < -0.39 is 20.0 Å². The molecule has 1 N–H and O–H groups in total. The fraction of sp³-hybridized carbons (Fsp3) is 0.882. The molecule has 23 heavy (non-hydrogen) atoms. The summed E-state index contributed by atoms with van der Waals surface area (Å²) >= 11 is 0. The number of carbonyl (C=O) groups is 2. The quantitative estimate of drug-likeness (QED) is 0.589. The lowest BCUT2D eigenvalue weighted by Crippen LogP contribution is -2.48. The summed E-state index contributed by atoms with van der Waals surface area (Å²) in [6.45, 7) is 16.8. The number of alkyl carbamates (subject to hydrolysis) is 1. The molecule has 1 fully saturated rings. The van der Waals surface area contributed by atoms with Crippen LogP contribution in [0.4, 0.5) is 4.79 Å². The van der Waals surface area contributed by atoms with Gasteiger partial charge in [0.25, 0.3) is 0 Å². The number of hydrogen-bond acceptors (Lipinski definition) is 4. The maximum atomic E-state index is 11.9. The highest BCUT2D eigenvalue weighted by molar-refractivity contribution is 6.74. The lowest BCUT2D eigenvalue weighted by atomic mass is 10.2. The normalized spacial score (nSPS) is 23.1. The second-order valence-electron chi connectivity index (χ2n) is 9.00. The van der Waals surface area contributed by atoms with Crippen molar-refractivity contribution in [2.45, 2.75) is 77.8 Å². The molecule has 1 saturated carbocycles. The molecular weight excluding hydrogens is 310 g/mol. The van der Waals surface area contributed by atoms with Crippen molar-refractivity contribution < 1.29 is 18.8 Å². The molecule has 0 spiro atoms. The maximum Gasteiger partial charge on any atom is 0.407 e. The van der Waals surface area contributed by atoms with E-state index in [4.69, 9.17) is 9.16 Å². The number of nitrogens with one attached hydrogen (secondary N) is 1. The van der Waals surface area contributed by atoms with Crippen molar-refractivity contribution in [3.05, 3.63) is 0 Å². The van der Waals surface area contributed by atoms with E-state index in [2.05, 4.69) is 39.2 Å². The first-order valence-electron chi connectivity index (χ1n) is 8.37. The third-order valence-corrected chi connectivity index (χ3v) is 9.15. The third-order valence-electron chi connectivity index (χ3n) is 4.64. The average Bonchev–Trinajstić information content (AvgIpc) is 3.10. The predicted octanol–water partition coefficient (Wildman–Crippen LogP) is 3.74. The van der Waals surface area contributed by atoms with E-state index in [1.807, 2.05) is 20.8 Å². The Balaban J connectivity index is 2.68. The van der Waals surface area contributed by atoms with E-state index in [0.717, 1.165) is 12.7 Å². The monoisotopic (exact) mass is 343 g/mol. The van der Waals surface area contributed by atoms with E-state index in [-0.39, 0.29) is 23.0 Å². The Morgan fingerprint density at radius 2 is 1.83 bits per heavy atom. The van der Waals surface area contributed by atoms with Crippen LogP contribution < -0.4 is 5.32 Å². The van der Waals surface area contributed by atoms with Gasteiger partial charge in [-0.05, 0) is 51.2 Å². The first-order chi connectivity index (χ1) is 10.3. The first-order valence-corrected chi connectivity index (χ1v) is 11.3. The van der Waals surface area contributed by atoms with Crippen molar-refractivity contribution >= 4 is 20.7 Å². The molecular formula is C17H33NO4Si. The van der Waals surface area contributed by atoms with Crippen LogP contribution >= 0.6 is 0 Å². The van der Waals surface area contributed by atoms with Gasteiger partial charge in [-0.1, -0.05) is 20.8 Å². The van der Waals surface area contributed by atoms with Gasteiger partial charge in [-0.3, -0.25) is 0 Å². The van der Waals surface area contributed by atoms with Crippen LogP contribution in [0.1, 0.15) is 48.0 Å². The van der Waals surface area contributed by atoms with Crippen molar-refractivity contribution in [2.24, 2.45) is 11.8 Å². The molecule has 0 heterocycles. The van der Waals surface area contributed by atoms with Gasteiger partial charge in [-0.25, -0.2) is 4.79 Å². The summed E-state index contributed by atoms with van der Waals surface area (Å²) in [6, 6.07) is 0. The van der Waals surface area contributed by atoms with Crippen LogP contribution in [0.5, 0.6) is 0 Å². The third kappa shape index (κ3) is 6.26. The molecule has 3 atom stereocenters. The minimum absolute atomic E-state index is 0.0604. The first kappa shape index (κ1) is 20.2. The van der Waals surface area contributed by atoms with Gasteiger partial charge in [0.2, 0.25) is 0 Å². The molecule has 0 radical (unpaired) electrons. The molecule has 0 aliphatic heterocycles. The Kier molecular flexibility index (Phi) is 6.07. The zero-order valence-electron chi connectivity index (χ0n) is 15.9. The van der Waals surface area contributed by atoms with Gasteiger partial charge >= 0.3 is 6.09 Å². The second-order valence-corrected chi connectivity index (χ2v) is 13.8. The van der Waals surface area contributed by atoms with Crippen molar-refractivity contribution in [3.63, 3.8) is 0 Å². The van der Waals surface area contributed by atoms with Gasteiger partial charge in [0.1, 0.15) is 11.9 Å². The van der Waals surface area contributed by atoms with Crippen molar-refractivity contribution in [1.29, 1.82) is 0 Å². The molecule has 0 bridgehead atoms. The summed E-state index contributed by atoms with van der Waals surface area (Å²) in [4.78, 5) is 22.9. The minimum atomic E-state index is -1.96. The second kappa shape index (κ2) is 6.93. The van der Waals surface area contributed by atoms with Crippen LogP contribution in [0, 0.1) is 11.8 Å². The molecule has 134 valence electrons. The summed E-state index contributed by atoms with van der Waals surface area (Å²) in [5, 5.41) is 2.89. The zero-order valence-corrected chi connectivity index (χ0v) is 16.9. The largest absolute Gasteiger partial charge is 0.444 e. The van der Waals surface area contributed by atoms with Gasteiger partial charge in [0.05, 0.1) is 6.10 Å². The smallest absolute Gasteiger partial charge is 0.407 e. The number of hydrogen-bond donors (Lipinski definition) is 1. The summed E-state index contributed by atoms with van der Waals surface area (Å²) in [6.07, 6.45) is 1.28. The van der Waals surface area contributed by atoms with E-state index >= 15 is 0 Å². The van der Waals surface area contributed by atoms with E-state index in [1.165, 1.54) is 0 Å². The van der Waals surface area contributed by atoms with Gasteiger partial charge in [-0.15, -0.1) is 0 Å². The molecule has 1 aliphatic carbocycles. The Morgan fingerprint density at radius 1 is 1.26 bits per heavy atom. The van der Waals surface area contributed by atoms with Crippen molar-refractivity contribution in [3.8, 4) is 0 Å². The highest BCUT2D eigenvalue weighted by Gasteiger charge is 2.48. The SMILES string of the molecule is CC(C)(C)OC(=O)NCC(O[Si](C)(C)C(C)(C)C)[C@H]1C[C@@H]1C=O. The number of aldehydes is 1. The molecule has 1 unspecified atom stereocenters. The topological polar surface area (TPSA) is 64.6 Å². The predicted molar refractivity (Wildman–Crippen MR) is 94.0 cm³/mol.